The predicted octanol–water partition coefficient (Wildman–Crippen LogP) is 2.99. The Kier molecular flexibility index (Phi) is 2.70. The number of hydrogen-bond donors (Lipinski definition) is 1. The van der Waals surface area contributed by atoms with E-state index in [0.29, 0.717) is 12.1 Å². The van der Waals surface area contributed by atoms with Crippen molar-refractivity contribution in [2.45, 2.75) is 32.9 Å². The number of hydrogen-bond acceptors (Lipinski definition) is 1. The monoisotopic (exact) mass is 229 g/mol. The van der Waals surface area contributed by atoms with E-state index in [1.165, 1.54) is 0 Å². The predicted molar refractivity (Wildman–Crippen MR) is 55.3 cm³/mol. The summed E-state index contributed by atoms with van der Waals surface area (Å²) in [5, 5.41) is 3.12. The molecule has 2 rings (SSSR count). The van der Waals surface area contributed by atoms with Crippen LogP contribution in [-0.4, -0.2) is 6.04 Å². The van der Waals surface area contributed by atoms with E-state index < -0.39 is 17.5 Å². The highest BCUT2D eigenvalue weighted by molar-refractivity contribution is 5.20. The first kappa shape index (κ1) is 11.5. The first-order chi connectivity index (χ1) is 7.40. The smallest absolute Gasteiger partial charge is 0.161 e. The van der Waals surface area contributed by atoms with Crippen molar-refractivity contribution in [1.82, 2.24) is 5.32 Å². The highest BCUT2D eigenvalue weighted by Crippen LogP contribution is 2.44. The molecule has 1 aromatic carbocycles. The average molecular weight is 229 g/mol. The van der Waals surface area contributed by atoms with Gasteiger partial charge in [0.1, 0.15) is 5.82 Å². The van der Waals surface area contributed by atoms with Gasteiger partial charge in [0.05, 0.1) is 0 Å². The minimum Gasteiger partial charge on any atom is -0.309 e. The van der Waals surface area contributed by atoms with Gasteiger partial charge in [0.15, 0.2) is 11.6 Å². The quantitative estimate of drug-likeness (QED) is 0.786. The van der Waals surface area contributed by atoms with Gasteiger partial charge in [-0.2, -0.15) is 0 Å². The van der Waals surface area contributed by atoms with Crippen LogP contribution in [0.15, 0.2) is 12.1 Å². The highest BCUT2D eigenvalue weighted by Gasteiger charge is 2.45. The lowest BCUT2D eigenvalue weighted by molar-refractivity contribution is 0.482. The maximum Gasteiger partial charge on any atom is 0.161 e. The van der Waals surface area contributed by atoms with Gasteiger partial charge in [-0.1, -0.05) is 13.8 Å². The molecule has 0 spiro atoms. The summed E-state index contributed by atoms with van der Waals surface area (Å²) < 4.78 is 38.8. The third-order valence-corrected chi connectivity index (χ3v) is 3.14. The average Bonchev–Trinajstić information content (AvgIpc) is 2.78. The van der Waals surface area contributed by atoms with Gasteiger partial charge in [-0.25, -0.2) is 13.2 Å². The molecule has 1 N–H and O–H groups in total. The van der Waals surface area contributed by atoms with Crippen molar-refractivity contribution in [3.8, 4) is 0 Å². The molecule has 1 atom stereocenters. The fraction of sp³-hybridized carbons (Fsp3) is 0.500. The highest BCUT2D eigenvalue weighted by atomic mass is 19.2. The van der Waals surface area contributed by atoms with Crippen molar-refractivity contribution in [3.05, 3.63) is 35.1 Å². The van der Waals surface area contributed by atoms with Crippen LogP contribution < -0.4 is 5.32 Å². The summed E-state index contributed by atoms with van der Waals surface area (Å²) in [7, 11) is 0. The van der Waals surface area contributed by atoms with Crippen molar-refractivity contribution in [1.29, 1.82) is 0 Å². The van der Waals surface area contributed by atoms with Crippen LogP contribution in [-0.2, 0) is 6.54 Å². The van der Waals surface area contributed by atoms with Crippen LogP contribution in [0.5, 0.6) is 0 Å². The number of rotatable bonds is 3. The zero-order valence-corrected chi connectivity index (χ0v) is 9.28. The van der Waals surface area contributed by atoms with Gasteiger partial charge >= 0.3 is 0 Å². The summed E-state index contributed by atoms with van der Waals surface area (Å²) in [4.78, 5) is 0. The second-order valence-corrected chi connectivity index (χ2v) is 4.98. The molecule has 4 heteroatoms. The van der Waals surface area contributed by atoms with Crippen molar-refractivity contribution < 1.29 is 13.2 Å². The van der Waals surface area contributed by atoms with Crippen molar-refractivity contribution in [2.24, 2.45) is 5.41 Å². The van der Waals surface area contributed by atoms with Gasteiger partial charge in [-0.3, -0.25) is 0 Å². The van der Waals surface area contributed by atoms with Crippen LogP contribution in [0.2, 0.25) is 0 Å². The van der Waals surface area contributed by atoms with E-state index >= 15 is 0 Å². The molecule has 0 amide bonds. The summed E-state index contributed by atoms with van der Waals surface area (Å²) >= 11 is 0. The molecule has 1 nitrogen and oxygen atoms in total. The Morgan fingerprint density at radius 3 is 2.31 bits per heavy atom. The maximum absolute atomic E-state index is 13.2. The van der Waals surface area contributed by atoms with E-state index in [0.717, 1.165) is 12.5 Å². The van der Waals surface area contributed by atoms with Gasteiger partial charge in [-0.15, -0.1) is 0 Å². The Morgan fingerprint density at radius 2 is 1.75 bits per heavy atom. The Labute approximate surface area is 92.7 Å². The lowest BCUT2D eigenvalue weighted by Crippen LogP contribution is -2.20. The lowest BCUT2D eigenvalue weighted by Gasteiger charge is -2.08. The SMILES string of the molecule is CC1(C)CC1NCc1cc(F)c(F)cc1F. The van der Waals surface area contributed by atoms with Crippen LogP contribution >= 0.6 is 0 Å². The maximum atomic E-state index is 13.2. The van der Waals surface area contributed by atoms with Gasteiger partial charge < -0.3 is 5.32 Å². The van der Waals surface area contributed by atoms with Crippen LogP contribution in [0.3, 0.4) is 0 Å². The van der Waals surface area contributed by atoms with E-state index in [2.05, 4.69) is 19.2 Å². The molecule has 0 aromatic heterocycles. The molecule has 1 unspecified atom stereocenters. The van der Waals surface area contributed by atoms with Crippen LogP contribution in [0, 0.1) is 22.9 Å². The van der Waals surface area contributed by atoms with Crippen molar-refractivity contribution in [2.75, 3.05) is 0 Å². The largest absolute Gasteiger partial charge is 0.309 e. The molecule has 1 aromatic rings. The van der Waals surface area contributed by atoms with Crippen molar-refractivity contribution >= 4 is 0 Å². The van der Waals surface area contributed by atoms with Crippen LogP contribution in [0.4, 0.5) is 13.2 Å². The number of halogens is 3. The Morgan fingerprint density at radius 1 is 1.19 bits per heavy atom. The van der Waals surface area contributed by atoms with Gasteiger partial charge in [0.2, 0.25) is 0 Å². The van der Waals surface area contributed by atoms with E-state index in [-0.39, 0.29) is 17.5 Å². The first-order valence-electron chi connectivity index (χ1n) is 5.27. The summed E-state index contributed by atoms with van der Waals surface area (Å²) in [5.41, 5.74) is 0.399. The molecule has 1 saturated carbocycles. The Bertz CT molecular complexity index is 415. The Balaban J connectivity index is 2.02. The molecule has 1 fully saturated rings. The molecule has 1 aliphatic carbocycles. The minimum atomic E-state index is -1.15. The second kappa shape index (κ2) is 3.77. The van der Waals surface area contributed by atoms with Crippen molar-refractivity contribution in [3.63, 3.8) is 0 Å². The van der Waals surface area contributed by atoms with Crippen LogP contribution in [0.1, 0.15) is 25.8 Å². The molecule has 0 radical (unpaired) electrons. The number of benzene rings is 1. The topological polar surface area (TPSA) is 12.0 Å². The van der Waals surface area contributed by atoms with Gasteiger partial charge in [0, 0.05) is 24.2 Å². The molecular weight excluding hydrogens is 215 g/mol. The molecule has 88 valence electrons. The first-order valence-corrected chi connectivity index (χ1v) is 5.27. The van der Waals surface area contributed by atoms with Gasteiger partial charge in [-0.05, 0) is 17.9 Å². The van der Waals surface area contributed by atoms with Crippen LogP contribution in [0.25, 0.3) is 0 Å². The lowest BCUT2D eigenvalue weighted by atomic mass is 10.1. The fourth-order valence-electron chi connectivity index (χ4n) is 1.75. The third kappa shape index (κ3) is 2.21. The summed E-state index contributed by atoms with van der Waals surface area (Å²) in [5.74, 6) is -2.86. The molecule has 0 heterocycles. The fourth-order valence-corrected chi connectivity index (χ4v) is 1.75. The zero-order valence-electron chi connectivity index (χ0n) is 9.28. The molecular formula is C12H14F3N. The number of nitrogens with one attached hydrogen (secondary N) is 1. The summed E-state index contributed by atoms with van der Waals surface area (Å²) in [6.07, 6.45) is 1.03. The minimum absolute atomic E-state index is 0.168. The molecule has 0 bridgehead atoms. The molecule has 1 aliphatic rings. The third-order valence-electron chi connectivity index (χ3n) is 3.14. The molecule has 0 saturated heterocycles. The van der Waals surface area contributed by atoms with E-state index in [9.17, 15) is 13.2 Å². The van der Waals surface area contributed by atoms with Gasteiger partial charge in [0.25, 0.3) is 0 Å². The molecule has 0 aliphatic heterocycles. The zero-order chi connectivity index (χ0) is 11.9. The normalized spacial score (nSPS) is 22.2. The molecule has 16 heavy (non-hydrogen) atoms. The Hall–Kier alpha value is -1.03. The second-order valence-electron chi connectivity index (χ2n) is 4.98. The summed E-state index contributed by atoms with van der Waals surface area (Å²) in [6.45, 7) is 4.44. The van der Waals surface area contributed by atoms with E-state index in [1.54, 1.807) is 0 Å². The van der Waals surface area contributed by atoms with E-state index in [4.69, 9.17) is 0 Å². The summed E-state index contributed by atoms with van der Waals surface area (Å²) in [6, 6.07) is 1.83. The standard InChI is InChI=1S/C12H14F3N/c1-12(2)5-11(12)16-6-7-3-9(14)10(15)4-8(7)13/h3-4,11,16H,5-6H2,1-2H3. The van der Waals surface area contributed by atoms with E-state index in [1.807, 2.05) is 0 Å².